The third-order valence-corrected chi connectivity index (χ3v) is 5.82. The fourth-order valence-corrected chi connectivity index (χ4v) is 3.69. The number of hydrogen-bond acceptors (Lipinski definition) is 3. The Morgan fingerprint density at radius 3 is 2.03 bits per heavy atom. The third-order valence-electron chi connectivity index (χ3n) is 4.34. The van der Waals surface area contributed by atoms with Crippen molar-refractivity contribution < 1.29 is 9.47 Å². The van der Waals surface area contributed by atoms with Crippen LogP contribution >= 0.6 is 39.1 Å². The zero-order valence-corrected chi connectivity index (χ0v) is 19.2. The largest absolute Gasteiger partial charge is 0.490 e. The number of nitrogens with one attached hydrogen (secondary N) is 1. The van der Waals surface area contributed by atoms with E-state index < -0.39 is 0 Å². The molecule has 0 heterocycles. The van der Waals surface area contributed by atoms with Crippen molar-refractivity contribution in [2.45, 2.75) is 26.6 Å². The summed E-state index contributed by atoms with van der Waals surface area (Å²) in [7, 11) is 0. The van der Waals surface area contributed by atoms with Gasteiger partial charge in [0.1, 0.15) is 6.61 Å². The van der Waals surface area contributed by atoms with E-state index in [0.29, 0.717) is 42.8 Å². The number of hydrogen-bond donors (Lipinski definition) is 1. The van der Waals surface area contributed by atoms with Crippen LogP contribution in [0.3, 0.4) is 0 Å². The van der Waals surface area contributed by atoms with Crippen LogP contribution in [0.1, 0.15) is 23.6 Å². The highest BCUT2D eigenvalue weighted by molar-refractivity contribution is 9.10. The lowest BCUT2D eigenvalue weighted by Gasteiger charge is -2.16. The van der Waals surface area contributed by atoms with Gasteiger partial charge >= 0.3 is 0 Å². The summed E-state index contributed by atoms with van der Waals surface area (Å²) in [5.41, 5.74) is 3.07. The van der Waals surface area contributed by atoms with E-state index in [1.807, 2.05) is 67.6 Å². The molecule has 152 valence electrons. The summed E-state index contributed by atoms with van der Waals surface area (Å²) in [6.45, 7) is 4.22. The highest BCUT2D eigenvalue weighted by atomic mass is 79.9. The van der Waals surface area contributed by atoms with Crippen molar-refractivity contribution in [2.75, 3.05) is 6.61 Å². The molecule has 0 saturated heterocycles. The number of rotatable bonds is 9. The minimum Gasteiger partial charge on any atom is -0.490 e. The fraction of sp³-hybridized carbons (Fsp3) is 0.217. The molecule has 0 aliphatic rings. The van der Waals surface area contributed by atoms with E-state index in [-0.39, 0.29) is 0 Å². The van der Waals surface area contributed by atoms with Crippen LogP contribution in [0.25, 0.3) is 0 Å². The lowest BCUT2D eigenvalue weighted by atomic mass is 10.1. The normalized spacial score (nSPS) is 10.8. The van der Waals surface area contributed by atoms with Crippen LogP contribution in [-0.4, -0.2) is 6.61 Å². The summed E-state index contributed by atoms with van der Waals surface area (Å²) in [5, 5.41) is 4.87. The molecule has 0 amide bonds. The summed E-state index contributed by atoms with van der Waals surface area (Å²) in [6, 6.07) is 19.4. The van der Waals surface area contributed by atoms with Crippen molar-refractivity contribution in [1.82, 2.24) is 5.32 Å². The predicted octanol–water partition coefficient (Wildman–Crippen LogP) is 7.02. The molecule has 0 saturated carbocycles. The molecule has 3 nitrogen and oxygen atoms in total. The SMILES string of the molecule is CCOc1cc(CNCc2ccccc2Cl)c(Br)cc1OCc1ccccc1Cl. The Kier molecular flexibility index (Phi) is 8.25. The molecule has 0 aliphatic carbocycles. The molecule has 0 bridgehead atoms. The average molecular weight is 495 g/mol. The molecule has 3 aromatic rings. The van der Waals surface area contributed by atoms with Crippen LogP contribution in [0.2, 0.25) is 10.0 Å². The monoisotopic (exact) mass is 493 g/mol. The number of benzene rings is 3. The molecule has 0 spiro atoms. The van der Waals surface area contributed by atoms with Gasteiger partial charge in [0.2, 0.25) is 0 Å². The summed E-state index contributed by atoms with van der Waals surface area (Å²) in [5.74, 6) is 1.38. The van der Waals surface area contributed by atoms with E-state index in [1.165, 1.54) is 0 Å². The van der Waals surface area contributed by atoms with Crippen LogP contribution in [-0.2, 0) is 19.7 Å². The van der Waals surface area contributed by atoms with Gasteiger partial charge in [-0.1, -0.05) is 75.5 Å². The van der Waals surface area contributed by atoms with Crippen LogP contribution in [0.5, 0.6) is 11.5 Å². The molecular formula is C23H22BrCl2NO2. The molecule has 0 atom stereocenters. The van der Waals surface area contributed by atoms with Crippen LogP contribution in [0.15, 0.2) is 65.1 Å². The Balaban J connectivity index is 1.70. The summed E-state index contributed by atoms with van der Waals surface area (Å²) >= 11 is 16.1. The van der Waals surface area contributed by atoms with E-state index in [2.05, 4.69) is 21.2 Å². The fourth-order valence-electron chi connectivity index (χ4n) is 2.84. The Bertz CT molecular complexity index is 965. The molecule has 6 heteroatoms. The maximum atomic E-state index is 6.23. The maximum Gasteiger partial charge on any atom is 0.162 e. The topological polar surface area (TPSA) is 30.5 Å². The first-order chi connectivity index (χ1) is 14.1. The zero-order chi connectivity index (χ0) is 20.6. The van der Waals surface area contributed by atoms with E-state index in [4.69, 9.17) is 32.7 Å². The quantitative estimate of drug-likeness (QED) is 0.346. The van der Waals surface area contributed by atoms with Crippen molar-refractivity contribution in [3.63, 3.8) is 0 Å². The standard InChI is InChI=1S/C23H22BrCl2NO2/c1-2-28-22-11-18(14-27-13-16-7-3-5-9-20(16)25)19(24)12-23(22)29-15-17-8-4-6-10-21(17)26/h3-12,27H,2,13-15H2,1H3. The van der Waals surface area contributed by atoms with Crippen molar-refractivity contribution in [1.29, 1.82) is 0 Å². The second-order valence-electron chi connectivity index (χ2n) is 6.40. The van der Waals surface area contributed by atoms with Crippen LogP contribution < -0.4 is 14.8 Å². The Labute approximate surface area is 190 Å². The summed E-state index contributed by atoms with van der Waals surface area (Å²) < 4.78 is 12.8. The molecular weight excluding hydrogens is 473 g/mol. The lowest BCUT2D eigenvalue weighted by molar-refractivity contribution is 0.269. The van der Waals surface area contributed by atoms with E-state index in [0.717, 1.165) is 26.2 Å². The Morgan fingerprint density at radius 1 is 0.793 bits per heavy atom. The first-order valence-corrected chi connectivity index (χ1v) is 10.9. The zero-order valence-electron chi connectivity index (χ0n) is 16.1. The van der Waals surface area contributed by atoms with Crippen LogP contribution in [0.4, 0.5) is 0 Å². The Morgan fingerprint density at radius 2 is 1.38 bits per heavy atom. The van der Waals surface area contributed by atoms with Gasteiger partial charge in [-0.2, -0.15) is 0 Å². The summed E-state index contributed by atoms with van der Waals surface area (Å²) in [4.78, 5) is 0. The molecule has 1 N–H and O–H groups in total. The van der Waals surface area contributed by atoms with E-state index in [1.54, 1.807) is 0 Å². The van der Waals surface area contributed by atoms with Gasteiger partial charge in [-0.15, -0.1) is 0 Å². The first kappa shape index (κ1) is 22.0. The van der Waals surface area contributed by atoms with Gasteiger partial charge < -0.3 is 14.8 Å². The highest BCUT2D eigenvalue weighted by Crippen LogP contribution is 2.35. The van der Waals surface area contributed by atoms with Gasteiger partial charge in [-0.25, -0.2) is 0 Å². The van der Waals surface area contributed by atoms with Crippen LogP contribution in [0, 0.1) is 0 Å². The third kappa shape index (κ3) is 6.13. The molecule has 0 aromatic heterocycles. The van der Waals surface area contributed by atoms with Crippen molar-refractivity contribution in [3.05, 3.63) is 91.9 Å². The number of halogens is 3. The smallest absolute Gasteiger partial charge is 0.162 e. The van der Waals surface area contributed by atoms with E-state index >= 15 is 0 Å². The van der Waals surface area contributed by atoms with Gasteiger partial charge in [0, 0.05) is 33.2 Å². The molecule has 29 heavy (non-hydrogen) atoms. The minimum absolute atomic E-state index is 0.371. The molecule has 0 radical (unpaired) electrons. The van der Waals surface area contributed by atoms with Crippen molar-refractivity contribution in [3.8, 4) is 11.5 Å². The second-order valence-corrected chi connectivity index (χ2v) is 8.07. The van der Waals surface area contributed by atoms with Crippen molar-refractivity contribution in [2.24, 2.45) is 0 Å². The molecule has 3 rings (SSSR count). The molecule has 0 aliphatic heterocycles. The van der Waals surface area contributed by atoms with Crippen molar-refractivity contribution >= 4 is 39.1 Å². The molecule has 0 unspecified atom stereocenters. The molecule has 3 aromatic carbocycles. The molecule has 0 fully saturated rings. The van der Waals surface area contributed by atoms with Gasteiger partial charge in [0.15, 0.2) is 11.5 Å². The van der Waals surface area contributed by atoms with Gasteiger partial charge in [0.25, 0.3) is 0 Å². The van der Waals surface area contributed by atoms with Gasteiger partial charge in [0.05, 0.1) is 6.61 Å². The average Bonchev–Trinajstić information content (AvgIpc) is 2.71. The summed E-state index contributed by atoms with van der Waals surface area (Å²) in [6.07, 6.45) is 0. The number of ether oxygens (including phenoxy) is 2. The predicted molar refractivity (Wildman–Crippen MR) is 123 cm³/mol. The highest BCUT2D eigenvalue weighted by Gasteiger charge is 2.12. The second kappa shape index (κ2) is 10.9. The van der Waals surface area contributed by atoms with Gasteiger partial charge in [-0.3, -0.25) is 0 Å². The lowest BCUT2D eigenvalue weighted by Crippen LogP contribution is -2.13. The minimum atomic E-state index is 0.371. The first-order valence-electron chi connectivity index (χ1n) is 9.34. The van der Waals surface area contributed by atoms with E-state index in [9.17, 15) is 0 Å². The van der Waals surface area contributed by atoms with Gasteiger partial charge in [-0.05, 0) is 42.3 Å². The Hall–Kier alpha value is -1.72. The maximum absolute atomic E-state index is 6.23.